The molecule has 2 aromatic carbocycles. The molecule has 0 amide bonds. The molecular formula is C20H22FN3. The van der Waals surface area contributed by atoms with Crippen LogP contribution in [0.3, 0.4) is 0 Å². The number of piperidine rings is 1. The molecule has 0 bridgehead atoms. The average Bonchev–Trinajstić information content (AvgIpc) is 2.63. The zero-order valence-electron chi connectivity index (χ0n) is 13.7. The van der Waals surface area contributed by atoms with Crippen molar-refractivity contribution in [1.82, 2.24) is 4.90 Å². The van der Waals surface area contributed by atoms with E-state index in [0.29, 0.717) is 5.92 Å². The van der Waals surface area contributed by atoms with E-state index in [4.69, 9.17) is 0 Å². The molecule has 0 spiro atoms. The average molecular weight is 323 g/mol. The van der Waals surface area contributed by atoms with E-state index in [1.54, 1.807) is 12.4 Å². The number of benzene rings is 2. The van der Waals surface area contributed by atoms with E-state index in [-0.39, 0.29) is 11.9 Å². The van der Waals surface area contributed by atoms with Gasteiger partial charge in [-0.25, -0.2) is 4.39 Å². The molecule has 1 N–H and O–H groups in total. The van der Waals surface area contributed by atoms with Gasteiger partial charge in [-0.3, -0.25) is 9.89 Å². The van der Waals surface area contributed by atoms with Gasteiger partial charge in [0, 0.05) is 17.8 Å². The van der Waals surface area contributed by atoms with Crippen LogP contribution in [-0.2, 0) is 6.54 Å². The fourth-order valence-electron chi connectivity index (χ4n) is 3.82. The summed E-state index contributed by atoms with van der Waals surface area (Å²) >= 11 is 0. The molecule has 1 saturated heterocycles. The van der Waals surface area contributed by atoms with Crippen molar-refractivity contribution in [2.45, 2.75) is 25.4 Å². The summed E-state index contributed by atoms with van der Waals surface area (Å²) in [6, 6.07) is 15.6. The van der Waals surface area contributed by atoms with Gasteiger partial charge < -0.3 is 5.32 Å². The quantitative estimate of drug-likeness (QED) is 0.915. The van der Waals surface area contributed by atoms with Crippen LogP contribution in [0.4, 0.5) is 10.1 Å². The Labute approximate surface area is 142 Å². The Hall–Kier alpha value is -2.20. The molecule has 0 aromatic heterocycles. The van der Waals surface area contributed by atoms with Crippen LogP contribution in [0.15, 0.2) is 53.5 Å². The molecule has 24 heavy (non-hydrogen) atoms. The minimum atomic E-state index is -0.181. The molecule has 4 rings (SSSR count). The number of fused-ring (bicyclic) bond motifs is 1. The highest BCUT2D eigenvalue weighted by atomic mass is 19.1. The lowest BCUT2D eigenvalue weighted by molar-refractivity contribution is 0.163. The Morgan fingerprint density at radius 3 is 2.67 bits per heavy atom. The first kappa shape index (κ1) is 15.3. The number of hydrogen-bond acceptors (Lipinski definition) is 3. The molecular weight excluding hydrogens is 301 g/mol. The van der Waals surface area contributed by atoms with Crippen LogP contribution in [0.2, 0.25) is 0 Å². The third-order valence-corrected chi connectivity index (χ3v) is 5.12. The lowest BCUT2D eigenvalue weighted by Gasteiger charge is -2.36. The van der Waals surface area contributed by atoms with Crippen molar-refractivity contribution in [2.24, 2.45) is 10.9 Å². The highest BCUT2D eigenvalue weighted by molar-refractivity contribution is 5.80. The van der Waals surface area contributed by atoms with Crippen molar-refractivity contribution >= 4 is 12.0 Å². The first-order valence-corrected chi connectivity index (χ1v) is 8.63. The zero-order chi connectivity index (χ0) is 16.4. The van der Waals surface area contributed by atoms with Crippen LogP contribution in [0, 0.1) is 11.7 Å². The fraction of sp³-hybridized carbons (Fsp3) is 0.350. The van der Waals surface area contributed by atoms with Crippen molar-refractivity contribution in [3.05, 3.63) is 65.5 Å². The van der Waals surface area contributed by atoms with Gasteiger partial charge in [-0.1, -0.05) is 30.3 Å². The molecule has 4 heteroatoms. The van der Waals surface area contributed by atoms with Gasteiger partial charge in [0.25, 0.3) is 0 Å². The first-order valence-electron chi connectivity index (χ1n) is 8.63. The van der Waals surface area contributed by atoms with Crippen molar-refractivity contribution in [2.75, 3.05) is 18.4 Å². The molecule has 2 aliphatic heterocycles. The molecule has 1 unspecified atom stereocenters. The Balaban J connectivity index is 1.42. The largest absolute Gasteiger partial charge is 0.346 e. The van der Waals surface area contributed by atoms with Crippen LogP contribution in [-0.4, -0.2) is 24.3 Å². The zero-order valence-corrected chi connectivity index (χ0v) is 13.7. The number of hydrogen-bond donors (Lipinski definition) is 1. The molecule has 2 heterocycles. The monoisotopic (exact) mass is 323 g/mol. The number of halogens is 1. The second kappa shape index (κ2) is 6.73. The number of aliphatic imine (C=N–C) groups is 1. The van der Waals surface area contributed by atoms with Gasteiger partial charge in [-0.05, 0) is 55.6 Å². The molecule has 2 aromatic rings. The number of rotatable bonds is 3. The summed E-state index contributed by atoms with van der Waals surface area (Å²) in [5.74, 6) is 0.301. The highest BCUT2D eigenvalue weighted by Crippen LogP contribution is 2.39. The molecule has 1 fully saturated rings. The SMILES string of the molecule is Fc1ccc2c(c1)C(C1CCN(Cc3ccccc3)CC1)N=CN2. The van der Waals surface area contributed by atoms with Crippen molar-refractivity contribution in [3.8, 4) is 0 Å². The smallest absolute Gasteiger partial charge is 0.123 e. The van der Waals surface area contributed by atoms with Gasteiger partial charge in [0.1, 0.15) is 5.82 Å². The summed E-state index contributed by atoms with van der Waals surface area (Å²) in [5, 5.41) is 3.13. The van der Waals surface area contributed by atoms with Gasteiger partial charge in [0.2, 0.25) is 0 Å². The predicted molar refractivity (Wildman–Crippen MR) is 95.7 cm³/mol. The van der Waals surface area contributed by atoms with Gasteiger partial charge in [-0.15, -0.1) is 0 Å². The maximum absolute atomic E-state index is 13.7. The summed E-state index contributed by atoms with van der Waals surface area (Å²) < 4.78 is 13.7. The summed E-state index contributed by atoms with van der Waals surface area (Å²) in [4.78, 5) is 7.13. The maximum Gasteiger partial charge on any atom is 0.123 e. The maximum atomic E-state index is 13.7. The van der Waals surface area contributed by atoms with Crippen LogP contribution in [0.5, 0.6) is 0 Å². The number of likely N-dealkylation sites (tertiary alicyclic amines) is 1. The van der Waals surface area contributed by atoms with Crippen LogP contribution < -0.4 is 5.32 Å². The Kier molecular flexibility index (Phi) is 4.30. The van der Waals surface area contributed by atoms with Crippen LogP contribution in [0.1, 0.15) is 30.0 Å². The summed E-state index contributed by atoms with van der Waals surface area (Å²) in [6.45, 7) is 3.15. The van der Waals surface area contributed by atoms with Crippen molar-refractivity contribution in [1.29, 1.82) is 0 Å². The Morgan fingerprint density at radius 1 is 1.08 bits per heavy atom. The molecule has 2 aliphatic rings. The summed E-state index contributed by atoms with van der Waals surface area (Å²) in [7, 11) is 0. The molecule has 0 saturated carbocycles. The number of anilines is 1. The van der Waals surface area contributed by atoms with Crippen LogP contribution >= 0.6 is 0 Å². The minimum absolute atomic E-state index is 0.0795. The van der Waals surface area contributed by atoms with E-state index in [0.717, 1.165) is 43.7 Å². The third-order valence-electron chi connectivity index (χ3n) is 5.12. The minimum Gasteiger partial charge on any atom is -0.346 e. The molecule has 1 atom stereocenters. The molecule has 0 radical (unpaired) electrons. The van der Waals surface area contributed by atoms with E-state index in [9.17, 15) is 4.39 Å². The van der Waals surface area contributed by atoms with Crippen molar-refractivity contribution < 1.29 is 4.39 Å². The van der Waals surface area contributed by atoms with E-state index >= 15 is 0 Å². The van der Waals surface area contributed by atoms with Crippen LogP contribution in [0.25, 0.3) is 0 Å². The number of nitrogens with one attached hydrogen (secondary N) is 1. The first-order chi connectivity index (χ1) is 11.8. The second-order valence-electron chi connectivity index (χ2n) is 6.70. The highest BCUT2D eigenvalue weighted by Gasteiger charge is 2.30. The third kappa shape index (κ3) is 3.20. The Bertz CT molecular complexity index is 721. The number of nitrogens with zero attached hydrogens (tertiary/aromatic N) is 2. The second-order valence-corrected chi connectivity index (χ2v) is 6.70. The lowest BCUT2D eigenvalue weighted by atomic mass is 9.84. The van der Waals surface area contributed by atoms with Crippen molar-refractivity contribution in [3.63, 3.8) is 0 Å². The topological polar surface area (TPSA) is 27.6 Å². The van der Waals surface area contributed by atoms with Gasteiger partial charge in [-0.2, -0.15) is 0 Å². The van der Waals surface area contributed by atoms with E-state index < -0.39 is 0 Å². The van der Waals surface area contributed by atoms with Gasteiger partial charge in [0.05, 0.1) is 12.4 Å². The summed E-state index contributed by atoms with van der Waals surface area (Å²) in [5.41, 5.74) is 3.35. The van der Waals surface area contributed by atoms with E-state index in [1.165, 1.54) is 11.6 Å². The molecule has 3 nitrogen and oxygen atoms in total. The van der Waals surface area contributed by atoms with E-state index in [2.05, 4.69) is 45.5 Å². The molecule has 124 valence electrons. The van der Waals surface area contributed by atoms with Gasteiger partial charge in [0.15, 0.2) is 0 Å². The normalized spacial score (nSPS) is 21.3. The standard InChI is InChI=1S/C20H22FN3/c21-17-6-7-19-18(12-17)20(23-14-22-19)16-8-10-24(11-9-16)13-15-4-2-1-3-5-15/h1-7,12,14,16,20H,8-11,13H2,(H,22,23). The predicted octanol–water partition coefficient (Wildman–Crippen LogP) is 4.23. The summed E-state index contributed by atoms with van der Waals surface area (Å²) in [6.07, 6.45) is 3.97. The fourth-order valence-corrected chi connectivity index (χ4v) is 3.82. The lowest BCUT2D eigenvalue weighted by Crippen LogP contribution is -2.35. The van der Waals surface area contributed by atoms with Gasteiger partial charge >= 0.3 is 0 Å². The Morgan fingerprint density at radius 2 is 1.88 bits per heavy atom. The molecule has 0 aliphatic carbocycles. The van der Waals surface area contributed by atoms with E-state index in [1.807, 2.05) is 6.07 Å².